The minimum absolute atomic E-state index is 0.0295. The maximum Gasteiger partial charge on any atom is 0.273 e. The SMILES string of the molecule is CN(C)[C@@H]1C(O)=C(C(N)=O)C(=O)[C@@]2(O)C(O)=C3C(=O)c4c(O)ccc([N+](=O)[O-])c4CC3CC12. The molecule has 174 valence electrons. The lowest BCUT2D eigenvalue weighted by Crippen LogP contribution is -2.63. The van der Waals surface area contributed by atoms with Crippen LogP contribution in [0.4, 0.5) is 5.69 Å². The number of Topliss-reactive ketones (excluding diaryl/α,β-unsaturated/α-hetero) is 2. The molecule has 0 aliphatic heterocycles. The summed E-state index contributed by atoms with van der Waals surface area (Å²) in [6, 6.07) is 0.914. The van der Waals surface area contributed by atoms with Gasteiger partial charge in [-0.3, -0.25) is 29.4 Å². The fourth-order valence-corrected chi connectivity index (χ4v) is 5.41. The Kier molecular flexibility index (Phi) is 4.84. The van der Waals surface area contributed by atoms with E-state index in [1.807, 2.05) is 0 Å². The van der Waals surface area contributed by atoms with Crippen LogP contribution in [0.3, 0.4) is 0 Å². The van der Waals surface area contributed by atoms with Gasteiger partial charge in [-0.1, -0.05) is 0 Å². The summed E-state index contributed by atoms with van der Waals surface area (Å²) in [5, 5.41) is 54.9. The zero-order valence-corrected chi connectivity index (χ0v) is 17.6. The Hall–Kier alpha value is -3.77. The van der Waals surface area contributed by atoms with Crippen LogP contribution in [0.1, 0.15) is 22.3 Å². The first kappa shape index (κ1) is 22.4. The molecule has 12 heteroatoms. The second kappa shape index (κ2) is 7.12. The van der Waals surface area contributed by atoms with Gasteiger partial charge in [-0.15, -0.1) is 0 Å². The van der Waals surface area contributed by atoms with Gasteiger partial charge in [0.2, 0.25) is 5.78 Å². The number of aliphatic hydroxyl groups excluding tert-OH is 2. The number of rotatable bonds is 3. The molecule has 33 heavy (non-hydrogen) atoms. The summed E-state index contributed by atoms with van der Waals surface area (Å²) in [5.41, 5.74) is 0.417. The number of nitrogens with two attached hydrogens (primary N) is 1. The fraction of sp³-hybridized carbons (Fsp3) is 0.381. The molecule has 0 bridgehead atoms. The number of hydrogen-bond donors (Lipinski definition) is 5. The van der Waals surface area contributed by atoms with E-state index in [0.717, 1.165) is 12.1 Å². The first-order valence-electron chi connectivity index (χ1n) is 9.98. The summed E-state index contributed by atoms with van der Waals surface area (Å²) in [7, 11) is 3.02. The number of likely N-dealkylation sites (N-methyl/N-ethyl adjacent to an activating group) is 1. The zero-order valence-electron chi connectivity index (χ0n) is 17.6. The number of aromatic hydroxyl groups is 1. The number of primary amides is 1. The van der Waals surface area contributed by atoms with Gasteiger partial charge in [0.25, 0.3) is 11.6 Å². The van der Waals surface area contributed by atoms with Crippen LogP contribution in [0.5, 0.6) is 5.75 Å². The molecule has 1 aromatic carbocycles. The van der Waals surface area contributed by atoms with Crippen molar-refractivity contribution in [2.75, 3.05) is 14.1 Å². The maximum atomic E-state index is 13.3. The molecule has 0 radical (unpaired) electrons. The van der Waals surface area contributed by atoms with Gasteiger partial charge in [0.15, 0.2) is 11.4 Å². The smallest absolute Gasteiger partial charge is 0.273 e. The number of nitrogens with zero attached hydrogens (tertiary/aromatic N) is 2. The van der Waals surface area contributed by atoms with Gasteiger partial charge in [0, 0.05) is 23.1 Å². The minimum Gasteiger partial charge on any atom is -0.510 e. The Morgan fingerprint density at radius 1 is 1.24 bits per heavy atom. The second-order valence-electron chi connectivity index (χ2n) is 8.68. The summed E-state index contributed by atoms with van der Waals surface area (Å²) >= 11 is 0. The van der Waals surface area contributed by atoms with E-state index in [1.54, 1.807) is 0 Å². The normalized spacial score (nSPS) is 29.0. The Labute approximate surface area is 186 Å². The first-order chi connectivity index (χ1) is 15.3. The van der Waals surface area contributed by atoms with Gasteiger partial charge in [-0.05, 0) is 38.9 Å². The lowest BCUT2D eigenvalue weighted by atomic mass is 9.58. The lowest BCUT2D eigenvalue weighted by Gasteiger charge is -2.50. The molecule has 2 unspecified atom stereocenters. The number of amides is 1. The number of carbonyl (C=O) groups is 3. The van der Waals surface area contributed by atoms with Crippen molar-refractivity contribution in [2.24, 2.45) is 17.6 Å². The average molecular weight is 459 g/mol. The number of allylic oxidation sites excluding steroid dienone is 1. The number of carbonyl (C=O) groups excluding carboxylic acids is 3. The molecule has 0 saturated heterocycles. The van der Waals surface area contributed by atoms with E-state index in [0.29, 0.717) is 0 Å². The van der Waals surface area contributed by atoms with Crippen molar-refractivity contribution in [3.05, 3.63) is 56.0 Å². The average Bonchev–Trinajstić information content (AvgIpc) is 2.70. The molecular weight excluding hydrogens is 438 g/mol. The van der Waals surface area contributed by atoms with Crippen LogP contribution in [-0.4, -0.2) is 73.5 Å². The number of phenols is 1. The highest BCUT2D eigenvalue weighted by Crippen LogP contribution is 2.52. The summed E-state index contributed by atoms with van der Waals surface area (Å²) in [6.07, 6.45) is -0.280. The van der Waals surface area contributed by atoms with Gasteiger partial charge >= 0.3 is 0 Å². The standard InChI is InChI=1S/C21H21N3O9/c1-23(2)15-9-6-7-5-8-10(24(32)33)3-4-11(25)13(8)16(26)12(7)18(28)21(9,31)19(29)14(17(15)27)20(22)30/h3-4,7,9,15,25,27-28,31H,5-6H2,1-2H3,(H2,22,30)/t7?,9?,15-,21-/m0/s1. The highest BCUT2D eigenvalue weighted by atomic mass is 16.6. The topological polar surface area (TPSA) is 205 Å². The van der Waals surface area contributed by atoms with E-state index < -0.39 is 80.0 Å². The summed E-state index contributed by atoms with van der Waals surface area (Å²) in [6.45, 7) is 0. The van der Waals surface area contributed by atoms with Crippen molar-refractivity contribution in [1.29, 1.82) is 0 Å². The highest BCUT2D eigenvalue weighted by molar-refractivity contribution is 6.24. The molecule has 4 rings (SSSR count). The molecule has 4 atom stereocenters. The number of nitro groups is 1. The zero-order chi connectivity index (χ0) is 24.6. The highest BCUT2D eigenvalue weighted by Gasteiger charge is 2.63. The Bertz CT molecular complexity index is 1220. The molecule has 1 aromatic rings. The summed E-state index contributed by atoms with van der Waals surface area (Å²) in [4.78, 5) is 50.5. The lowest BCUT2D eigenvalue weighted by molar-refractivity contribution is -0.385. The predicted octanol–water partition coefficient (Wildman–Crippen LogP) is 0.0288. The molecule has 6 N–H and O–H groups in total. The van der Waals surface area contributed by atoms with Crippen LogP contribution in [0.2, 0.25) is 0 Å². The number of ketones is 2. The third-order valence-corrected chi connectivity index (χ3v) is 6.78. The third kappa shape index (κ3) is 2.80. The van der Waals surface area contributed by atoms with E-state index in [-0.39, 0.29) is 24.0 Å². The molecule has 12 nitrogen and oxygen atoms in total. The van der Waals surface area contributed by atoms with Crippen molar-refractivity contribution in [2.45, 2.75) is 24.5 Å². The Morgan fingerprint density at radius 3 is 2.42 bits per heavy atom. The minimum atomic E-state index is -2.75. The van der Waals surface area contributed by atoms with Crippen LogP contribution < -0.4 is 5.73 Å². The number of hydrogen-bond acceptors (Lipinski definition) is 10. The monoisotopic (exact) mass is 459 g/mol. The van der Waals surface area contributed by atoms with E-state index in [2.05, 4.69) is 0 Å². The largest absolute Gasteiger partial charge is 0.510 e. The number of phenolic OH excluding ortho intramolecular Hbond substituents is 1. The van der Waals surface area contributed by atoms with Crippen LogP contribution in [0, 0.1) is 22.0 Å². The molecule has 0 saturated carbocycles. The molecule has 3 aliphatic rings. The number of benzene rings is 1. The van der Waals surface area contributed by atoms with Gasteiger partial charge in [-0.25, -0.2) is 0 Å². The van der Waals surface area contributed by atoms with Gasteiger partial charge < -0.3 is 26.2 Å². The van der Waals surface area contributed by atoms with Crippen molar-refractivity contribution in [3.63, 3.8) is 0 Å². The molecule has 0 spiro atoms. The maximum absolute atomic E-state index is 13.3. The van der Waals surface area contributed by atoms with Crippen LogP contribution in [0.25, 0.3) is 0 Å². The first-order valence-corrected chi connectivity index (χ1v) is 9.98. The molecule has 0 heterocycles. The van der Waals surface area contributed by atoms with Gasteiger partial charge in [0.05, 0.1) is 16.5 Å². The van der Waals surface area contributed by atoms with Crippen molar-refractivity contribution < 1.29 is 39.7 Å². The van der Waals surface area contributed by atoms with Crippen molar-refractivity contribution in [1.82, 2.24) is 4.90 Å². The summed E-state index contributed by atoms with van der Waals surface area (Å²) in [5.74, 6) is -7.95. The molecular formula is C21H21N3O9. The Morgan fingerprint density at radius 2 is 1.88 bits per heavy atom. The van der Waals surface area contributed by atoms with E-state index in [1.165, 1.54) is 19.0 Å². The predicted molar refractivity (Wildman–Crippen MR) is 110 cm³/mol. The van der Waals surface area contributed by atoms with Crippen molar-refractivity contribution in [3.8, 4) is 5.75 Å². The fourth-order valence-electron chi connectivity index (χ4n) is 5.41. The van der Waals surface area contributed by atoms with Crippen LogP contribution in [-0.2, 0) is 16.0 Å². The quantitative estimate of drug-likeness (QED) is 0.233. The number of aliphatic hydroxyl groups is 3. The van der Waals surface area contributed by atoms with Crippen LogP contribution >= 0.6 is 0 Å². The third-order valence-electron chi connectivity index (χ3n) is 6.78. The number of fused-ring (bicyclic) bond motifs is 3. The van der Waals surface area contributed by atoms with E-state index in [9.17, 15) is 44.9 Å². The molecule has 0 fully saturated rings. The van der Waals surface area contributed by atoms with Gasteiger partial charge in [-0.2, -0.15) is 0 Å². The second-order valence-corrected chi connectivity index (χ2v) is 8.68. The molecule has 3 aliphatic carbocycles. The summed E-state index contributed by atoms with van der Waals surface area (Å²) < 4.78 is 0. The Balaban J connectivity index is 1.99. The van der Waals surface area contributed by atoms with Crippen molar-refractivity contribution >= 4 is 23.2 Å². The van der Waals surface area contributed by atoms with Crippen LogP contribution in [0.15, 0.2) is 34.8 Å². The van der Waals surface area contributed by atoms with E-state index in [4.69, 9.17) is 5.73 Å². The number of nitro benzene ring substituents is 1. The molecule has 1 amide bonds. The van der Waals surface area contributed by atoms with Gasteiger partial charge in [0.1, 0.15) is 22.8 Å². The van der Waals surface area contributed by atoms with E-state index >= 15 is 0 Å². The molecule has 0 aromatic heterocycles.